The summed E-state index contributed by atoms with van der Waals surface area (Å²) < 4.78 is 16.4. The van der Waals surface area contributed by atoms with Gasteiger partial charge in [-0.15, -0.1) is 0 Å². The number of aliphatic hydroxyl groups is 4. The van der Waals surface area contributed by atoms with Crippen molar-refractivity contribution in [2.75, 3.05) is 6.61 Å². The zero-order chi connectivity index (χ0) is 21.4. The fourth-order valence-corrected chi connectivity index (χ4v) is 3.31. The molecule has 1 aliphatic heterocycles. The summed E-state index contributed by atoms with van der Waals surface area (Å²) in [6.07, 6.45) is -7.30. The molecule has 0 amide bonds. The second-order valence-corrected chi connectivity index (χ2v) is 6.97. The lowest BCUT2D eigenvalue weighted by Crippen LogP contribution is -2.60. The molecule has 0 aliphatic carbocycles. The number of phenols is 1. The van der Waals surface area contributed by atoms with Crippen LogP contribution in [0.2, 0.25) is 0 Å². The lowest BCUT2D eigenvalue weighted by Gasteiger charge is -2.39. The first-order valence-electron chi connectivity index (χ1n) is 9.22. The van der Waals surface area contributed by atoms with Gasteiger partial charge in [-0.25, -0.2) is 0 Å². The lowest BCUT2D eigenvalue weighted by atomic mass is 9.99. The van der Waals surface area contributed by atoms with Gasteiger partial charge in [0.25, 0.3) is 0 Å². The summed E-state index contributed by atoms with van der Waals surface area (Å²) in [5, 5.41) is 49.8. The summed E-state index contributed by atoms with van der Waals surface area (Å²) in [4.78, 5) is 12.3. The van der Waals surface area contributed by atoms with E-state index in [-0.39, 0.29) is 22.7 Å². The predicted octanol–water partition coefficient (Wildman–Crippen LogP) is 0.344. The van der Waals surface area contributed by atoms with E-state index in [4.69, 9.17) is 13.9 Å². The van der Waals surface area contributed by atoms with E-state index in [1.165, 1.54) is 24.3 Å². The fourth-order valence-electron chi connectivity index (χ4n) is 3.31. The summed E-state index contributed by atoms with van der Waals surface area (Å²) in [6.45, 7) is -0.600. The van der Waals surface area contributed by atoms with E-state index < -0.39 is 37.3 Å². The molecule has 0 bridgehead atoms. The lowest BCUT2D eigenvalue weighted by molar-refractivity contribution is -0.277. The molecule has 2 unspecified atom stereocenters. The molecule has 30 heavy (non-hydrogen) atoms. The zero-order valence-corrected chi connectivity index (χ0v) is 15.6. The molecular formula is C21H20O9. The van der Waals surface area contributed by atoms with Crippen LogP contribution in [0.15, 0.2) is 57.7 Å². The molecular weight excluding hydrogens is 396 g/mol. The van der Waals surface area contributed by atoms with Gasteiger partial charge >= 0.3 is 0 Å². The highest BCUT2D eigenvalue weighted by Gasteiger charge is 2.44. The Morgan fingerprint density at radius 1 is 0.967 bits per heavy atom. The molecule has 1 saturated heterocycles. The van der Waals surface area contributed by atoms with Gasteiger partial charge < -0.3 is 39.4 Å². The third-order valence-electron chi connectivity index (χ3n) is 4.97. The number of hydrogen-bond acceptors (Lipinski definition) is 9. The van der Waals surface area contributed by atoms with Gasteiger partial charge in [-0.05, 0) is 30.3 Å². The summed E-state index contributed by atoms with van der Waals surface area (Å²) in [7, 11) is 0. The van der Waals surface area contributed by atoms with Crippen molar-refractivity contribution in [2.45, 2.75) is 30.7 Å². The molecule has 1 aromatic heterocycles. The van der Waals surface area contributed by atoms with Crippen molar-refractivity contribution in [1.29, 1.82) is 0 Å². The first kappa shape index (κ1) is 20.3. The largest absolute Gasteiger partial charge is 0.504 e. The van der Waals surface area contributed by atoms with Crippen LogP contribution in [0.4, 0.5) is 0 Å². The maximum absolute atomic E-state index is 12.3. The first-order chi connectivity index (χ1) is 14.4. The molecule has 158 valence electrons. The molecule has 0 radical (unpaired) electrons. The standard InChI is InChI=1S/C21H20O9/c22-9-17-18(25)19(26)20(27)21(30-17)29-15-6-5-10(7-13(15)24)16-8-12(23)11-3-1-2-4-14(11)28-16/h1-8,17-22,24-27H,9H2/t17?,18-,19?,20+,21+/m0/s1. The molecule has 0 saturated carbocycles. The number of benzene rings is 2. The molecule has 9 heteroatoms. The Labute approximate surface area is 170 Å². The van der Waals surface area contributed by atoms with Crippen molar-refractivity contribution >= 4 is 11.0 Å². The third-order valence-corrected chi connectivity index (χ3v) is 4.97. The number of phenolic OH excluding ortho intramolecular Hbond substituents is 1. The minimum Gasteiger partial charge on any atom is -0.504 e. The zero-order valence-electron chi connectivity index (χ0n) is 15.6. The van der Waals surface area contributed by atoms with Crippen molar-refractivity contribution in [2.24, 2.45) is 0 Å². The first-order valence-corrected chi connectivity index (χ1v) is 9.22. The average Bonchev–Trinajstić information content (AvgIpc) is 2.75. The Morgan fingerprint density at radius 3 is 2.47 bits per heavy atom. The highest BCUT2D eigenvalue weighted by atomic mass is 16.7. The number of aromatic hydroxyl groups is 1. The second-order valence-electron chi connectivity index (χ2n) is 6.97. The van der Waals surface area contributed by atoms with Crippen LogP contribution in [0.3, 0.4) is 0 Å². The van der Waals surface area contributed by atoms with Gasteiger partial charge in [0.15, 0.2) is 16.9 Å². The van der Waals surface area contributed by atoms with Crippen molar-refractivity contribution in [1.82, 2.24) is 0 Å². The Kier molecular flexibility index (Phi) is 5.46. The van der Waals surface area contributed by atoms with E-state index >= 15 is 0 Å². The molecule has 9 nitrogen and oxygen atoms in total. The Morgan fingerprint density at radius 2 is 1.73 bits per heavy atom. The molecule has 1 fully saturated rings. The Balaban J connectivity index is 1.60. The van der Waals surface area contributed by atoms with Gasteiger partial charge in [0.05, 0.1) is 12.0 Å². The van der Waals surface area contributed by atoms with E-state index in [9.17, 15) is 30.3 Å². The van der Waals surface area contributed by atoms with Gasteiger partial charge in [0.2, 0.25) is 6.29 Å². The Bertz CT molecular complexity index is 1110. The van der Waals surface area contributed by atoms with Crippen molar-refractivity contribution in [3.63, 3.8) is 0 Å². The Hall–Kier alpha value is -2.95. The van der Waals surface area contributed by atoms with Gasteiger partial charge in [0, 0.05) is 11.6 Å². The highest BCUT2D eigenvalue weighted by Crippen LogP contribution is 2.34. The molecule has 5 atom stereocenters. The summed E-state index contributed by atoms with van der Waals surface area (Å²) in [5.74, 6) is -0.167. The molecule has 2 aromatic carbocycles. The molecule has 0 spiro atoms. The number of ether oxygens (including phenoxy) is 2. The van der Waals surface area contributed by atoms with Crippen LogP contribution in [0.1, 0.15) is 0 Å². The van der Waals surface area contributed by atoms with E-state index in [1.807, 2.05) is 0 Å². The van der Waals surface area contributed by atoms with E-state index in [0.29, 0.717) is 16.5 Å². The minimum atomic E-state index is -1.61. The van der Waals surface area contributed by atoms with Crippen LogP contribution in [0.5, 0.6) is 11.5 Å². The van der Waals surface area contributed by atoms with Crippen LogP contribution >= 0.6 is 0 Å². The molecule has 4 rings (SSSR count). The van der Waals surface area contributed by atoms with Gasteiger partial charge in [-0.1, -0.05) is 12.1 Å². The van der Waals surface area contributed by atoms with E-state index in [0.717, 1.165) is 0 Å². The average molecular weight is 416 g/mol. The molecule has 5 N–H and O–H groups in total. The minimum absolute atomic E-state index is 0.0776. The molecule has 3 aromatic rings. The van der Waals surface area contributed by atoms with Gasteiger partial charge in [0.1, 0.15) is 35.8 Å². The molecule has 1 aliphatic rings. The number of aliphatic hydroxyl groups excluding tert-OH is 4. The maximum atomic E-state index is 12.3. The number of hydrogen-bond donors (Lipinski definition) is 5. The quantitative estimate of drug-likeness (QED) is 0.406. The topological polar surface area (TPSA) is 150 Å². The van der Waals surface area contributed by atoms with Crippen LogP contribution in [-0.4, -0.2) is 62.8 Å². The monoisotopic (exact) mass is 416 g/mol. The normalized spacial score (nSPS) is 26.6. The number of para-hydroxylation sites is 1. The van der Waals surface area contributed by atoms with Crippen LogP contribution in [0.25, 0.3) is 22.3 Å². The van der Waals surface area contributed by atoms with E-state index in [1.54, 1.807) is 24.3 Å². The second kappa shape index (κ2) is 8.05. The highest BCUT2D eigenvalue weighted by molar-refractivity contribution is 5.78. The summed E-state index contributed by atoms with van der Waals surface area (Å²) in [5.41, 5.74) is 0.589. The van der Waals surface area contributed by atoms with Gasteiger partial charge in [-0.3, -0.25) is 4.79 Å². The number of rotatable bonds is 4. The molecule has 2 heterocycles. The van der Waals surface area contributed by atoms with Crippen molar-refractivity contribution in [3.8, 4) is 22.8 Å². The summed E-state index contributed by atoms with van der Waals surface area (Å²) in [6, 6.07) is 12.3. The van der Waals surface area contributed by atoms with Crippen molar-refractivity contribution in [3.05, 3.63) is 58.8 Å². The summed E-state index contributed by atoms with van der Waals surface area (Å²) >= 11 is 0. The van der Waals surface area contributed by atoms with E-state index in [2.05, 4.69) is 0 Å². The van der Waals surface area contributed by atoms with Crippen LogP contribution in [0, 0.1) is 0 Å². The van der Waals surface area contributed by atoms with Crippen LogP contribution in [-0.2, 0) is 4.74 Å². The maximum Gasteiger partial charge on any atom is 0.229 e. The predicted molar refractivity (Wildman–Crippen MR) is 104 cm³/mol. The third kappa shape index (κ3) is 3.64. The number of fused-ring (bicyclic) bond motifs is 1. The van der Waals surface area contributed by atoms with Crippen molar-refractivity contribution < 1.29 is 39.4 Å². The smallest absolute Gasteiger partial charge is 0.229 e. The fraction of sp³-hybridized carbons (Fsp3) is 0.286. The van der Waals surface area contributed by atoms with Gasteiger partial charge in [-0.2, -0.15) is 0 Å². The SMILES string of the molecule is O=c1cc(-c2ccc(O[C@@H]3OC(CO)[C@H](O)C(O)[C@H]3O)c(O)c2)oc2ccccc12. The van der Waals surface area contributed by atoms with Crippen LogP contribution < -0.4 is 10.2 Å².